The van der Waals surface area contributed by atoms with Gasteiger partial charge in [0.2, 0.25) is 5.91 Å². The summed E-state index contributed by atoms with van der Waals surface area (Å²) >= 11 is 0. The third-order valence-electron chi connectivity index (χ3n) is 3.95. The number of nitrogens with one attached hydrogen (secondary N) is 2. The van der Waals surface area contributed by atoms with Crippen LogP contribution in [0.4, 0.5) is 11.4 Å². The molecule has 1 aromatic heterocycles. The maximum Gasteiger partial charge on any atom is 0.280 e. The van der Waals surface area contributed by atoms with Crippen LogP contribution in [-0.4, -0.2) is 26.7 Å². The van der Waals surface area contributed by atoms with Crippen molar-refractivity contribution >= 4 is 23.2 Å². The third-order valence-corrected chi connectivity index (χ3v) is 3.95. The second-order valence-electron chi connectivity index (χ2n) is 6.82. The molecule has 0 saturated heterocycles. The van der Waals surface area contributed by atoms with Gasteiger partial charge in [-0.25, -0.2) is 4.68 Å². The van der Waals surface area contributed by atoms with Gasteiger partial charge in [-0.1, -0.05) is 32.0 Å². The van der Waals surface area contributed by atoms with Gasteiger partial charge in [-0.2, -0.15) is 5.10 Å². The minimum absolute atomic E-state index is 0.0526. The number of aromatic hydroxyl groups is 1. The fraction of sp³-hybridized carbons (Fsp3) is 0.190. The van der Waals surface area contributed by atoms with Crippen molar-refractivity contribution in [1.29, 1.82) is 0 Å². The first-order valence-corrected chi connectivity index (χ1v) is 8.97. The van der Waals surface area contributed by atoms with Gasteiger partial charge in [0.25, 0.3) is 5.91 Å². The van der Waals surface area contributed by atoms with E-state index in [1.54, 1.807) is 24.3 Å². The van der Waals surface area contributed by atoms with E-state index in [1.165, 1.54) is 10.9 Å². The smallest absolute Gasteiger partial charge is 0.280 e. The average Bonchev–Trinajstić information content (AvgIpc) is 3.05. The number of para-hydroxylation sites is 1. The molecule has 3 rings (SSSR count). The molecule has 0 spiro atoms. The van der Waals surface area contributed by atoms with E-state index in [0.717, 1.165) is 5.69 Å². The zero-order chi connectivity index (χ0) is 20.1. The Balaban J connectivity index is 1.67. The van der Waals surface area contributed by atoms with E-state index < -0.39 is 5.91 Å². The molecule has 0 aliphatic heterocycles. The monoisotopic (exact) mass is 378 g/mol. The predicted octanol–water partition coefficient (Wildman–Crippen LogP) is 3.81. The molecule has 0 atom stereocenters. The number of nitrogens with zero attached hydrogens (tertiary/aromatic N) is 2. The number of aromatic nitrogens is 2. The lowest BCUT2D eigenvalue weighted by Gasteiger charge is -2.08. The number of carbonyl (C=O) groups excluding carboxylic acids is 2. The Morgan fingerprint density at radius 3 is 2.21 bits per heavy atom. The number of amides is 2. The van der Waals surface area contributed by atoms with Crippen LogP contribution in [0.1, 0.15) is 30.8 Å². The molecular weight excluding hydrogens is 356 g/mol. The fourth-order valence-corrected chi connectivity index (χ4v) is 2.65. The summed E-state index contributed by atoms with van der Waals surface area (Å²) in [4.78, 5) is 24.3. The van der Waals surface area contributed by atoms with E-state index in [1.807, 2.05) is 44.2 Å². The van der Waals surface area contributed by atoms with Gasteiger partial charge in [-0.15, -0.1) is 0 Å². The van der Waals surface area contributed by atoms with Crippen molar-refractivity contribution in [3.8, 4) is 11.4 Å². The topological polar surface area (TPSA) is 96.3 Å². The molecule has 0 aliphatic rings. The zero-order valence-electron chi connectivity index (χ0n) is 15.7. The Morgan fingerprint density at radius 2 is 1.61 bits per heavy atom. The first-order valence-electron chi connectivity index (χ1n) is 8.97. The second-order valence-corrected chi connectivity index (χ2v) is 6.82. The number of anilines is 2. The normalized spacial score (nSPS) is 10.7. The molecule has 144 valence electrons. The summed E-state index contributed by atoms with van der Waals surface area (Å²) in [5.74, 6) is -0.507. The lowest BCUT2D eigenvalue weighted by Crippen LogP contribution is -2.15. The van der Waals surface area contributed by atoms with Crippen LogP contribution in [0, 0.1) is 5.92 Å². The standard InChI is InChI=1S/C21H22N4O3/c1-14(2)12-19(27)22-15-8-10-16(11-9-15)23-21(28)20-18(26)13-25(24-20)17-6-4-3-5-7-17/h3-11,13-14,26H,12H2,1-2H3,(H,22,27)(H,23,28). The summed E-state index contributed by atoms with van der Waals surface area (Å²) in [7, 11) is 0. The van der Waals surface area contributed by atoms with Gasteiger partial charge in [0.15, 0.2) is 11.4 Å². The van der Waals surface area contributed by atoms with E-state index >= 15 is 0 Å². The molecule has 2 amide bonds. The van der Waals surface area contributed by atoms with Crippen molar-refractivity contribution in [2.24, 2.45) is 5.92 Å². The summed E-state index contributed by atoms with van der Waals surface area (Å²) in [6, 6.07) is 16.0. The molecular formula is C21H22N4O3. The lowest BCUT2D eigenvalue weighted by atomic mass is 10.1. The quantitative estimate of drug-likeness (QED) is 0.608. The summed E-state index contributed by atoms with van der Waals surface area (Å²) in [6.07, 6.45) is 1.83. The van der Waals surface area contributed by atoms with E-state index in [9.17, 15) is 14.7 Å². The van der Waals surface area contributed by atoms with Crippen molar-refractivity contribution in [2.75, 3.05) is 10.6 Å². The molecule has 0 saturated carbocycles. The maximum atomic E-state index is 12.4. The highest BCUT2D eigenvalue weighted by atomic mass is 16.3. The largest absolute Gasteiger partial charge is 0.504 e. The Hall–Kier alpha value is -3.61. The van der Waals surface area contributed by atoms with Crippen molar-refractivity contribution in [2.45, 2.75) is 20.3 Å². The predicted molar refractivity (Wildman–Crippen MR) is 108 cm³/mol. The number of rotatable bonds is 6. The molecule has 0 bridgehead atoms. The van der Waals surface area contributed by atoms with Gasteiger partial charge in [-0.05, 0) is 42.3 Å². The van der Waals surface area contributed by atoms with E-state index in [-0.39, 0.29) is 23.3 Å². The Labute approximate surface area is 163 Å². The van der Waals surface area contributed by atoms with Crippen LogP contribution in [-0.2, 0) is 4.79 Å². The molecule has 2 aromatic carbocycles. The minimum atomic E-state index is -0.524. The van der Waals surface area contributed by atoms with Gasteiger partial charge < -0.3 is 15.7 Å². The minimum Gasteiger partial charge on any atom is -0.504 e. The van der Waals surface area contributed by atoms with Crippen molar-refractivity contribution in [3.63, 3.8) is 0 Å². The third kappa shape index (κ3) is 4.76. The number of benzene rings is 2. The molecule has 0 aliphatic carbocycles. The first-order chi connectivity index (χ1) is 13.4. The number of hydrogen-bond donors (Lipinski definition) is 3. The molecule has 7 nitrogen and oxygen atoms in total. The van der Waals surface area contributed by atoms with Crippen LogP contribution >= 0.6 is 0 Å². The van der Waals surface area contributed by atoms with Gasteiger partial charge in [0.05, 0.1) is 11.9 Å². The average molecular weight is 378 g/mol. The molecule has 0 unspecified atom stereocenters. The van der Waals surface area contributed by atoms with E-state index in [4.69, 9.17) is 0 Å². The summed E-state index contributed by atoms with van der Waals surface area (Å²) < 4.78 is 1.44. The van der Waals surface area contributed by atoms with Gasteiger partial charge in [0, 0.05) is 17.8 Å². The summed E-state index contributed by atoms with van der Waals surface area (Å²) in [6.45, 7) is 3.96. The fourth-order valence-electron chi connectivity index (χ4n) is 2.65. The molecule has 28 heavy (non-hydrogen) atoms. The van der Waals surface area contributed by atoms with Crippen molar-refractivity contribution < 1.29 is 14.7 Å². The number of carbonyl (C=O) groups is 2. The Bertz CT molecular complexity index is 963. The Kier molecular flexibility index (Phi) is 5.74. The first kappa shape index (κ1) is 19.2. The molecule has 1 heterocycles. The van der Waals surface area contributed by atoms with Gasteiger partial charge in [0.1, 0.15) is 0 Å². The highest BCUT2D eigenvalue weighted by molar-refractivity contribution is 6.04. The van der Waals surface area contributed by atoms with E-state index in [2.05, 4.69) is 15.7 Å². The molecule has 0 fully saturated rings. The molecule has 3 N–H and O–H groups in total. The van der Waals surface area contributed by atoms with Crippen molar-refractivity contribution in [3.05, 3.63) is 66.5 Å². The van der Waals surface area contributed by atoms with Crippen LogP contribution in [0.5, 0.6) is 5.75 Å². The molecule has 7 heteroatoms. The highest BCUT2D eigenvalue weighted by Gasteiger charge is 2.17. The highest BCUT2D eigenvalue weighted by Crippen LogP contribution is 2.20. The van der Waals surface area contributed by atoms with Crippen LogP contribution in [0.25, 0.3) is 5.69 Å². The van der Waals surface area contributed by atoms with E-state index in [0.29, 0.717) is 17.8 Å². The SMILES string of the molecule is CC(C)CC(=O)Nc1ccc(NC(=O)c2nn(-c3ccccc3)cc2O)cc1. The van der Waals surface area contributed by atoms with Gasteiger partial charge >= 0.3 is 0 Å². The van der Waals surface area contributed by atoms with Crippen LogP contribution < -0.4 is 10.6 Å². The van der Waals surface area contributed by atoms with Crippen LogP contribution in [0.2, 0.25) is 0 Å². The molecule has 0 radical (unpaired) electrons. The van der Waals surface area contributed by atoms with Crippen molar-refractivity contribution in [1.82, 2.24) is 9.78 Å². The lowest BCUT2D eigenvalue weighted by molar-refractivity contribution is -0.116. The maximum absolute atomic E-state index is 12.4. The van der Waals surface area contributed by atoms with Crippen LogP contribution in [0.15, 0.2) is 60.8 Å². The Morgan fingerprint density at radius 1 is 1.00 bits per heavy atom. The van der Waals surface area contributed by atoms with Crippen LogP contribution in [0.3, 0.4) is 0 Å². The zero-order valence-corrected chi connectivity index (χ0v) is 15.7. The second kappa shape index (κ2) is 8.39. The summed E-state index contributed by atoms with van der Waals surface area (Å²) in [5, 5.41) is 19.7. The molecule has 3 aromatic rings. The number of hydrogen-bond acceptors (Lipinski definition) is 4. The summed E-state index contributed by atoms with van der Waals surface area (Å²) in [5.41, 5.74) is 1.84. The van der Waals surface area contributed by atoms with Gasteiger partial charge in [-0.3, -0.25) is 9.59 Å².